The third-order valence-corrected chi connectivity index (χ3v) is 13.0. The molecule has 5 atom stereocenters. The summed E-state index contributed by atoms with van der Waals surface area (Å²) in [6.45, 7) is 3.00. The van der Waals surface area contributed by atoms with Crippen LogP contribution in [-0.4, -0.2) is 99.5 Å². The summed E-state index contributed by atoms with van der Waals surface area (Å²) >= 11 is 0. The third kappa shape index (κ3) is 10.5. The molecule has 374 valence electrons. The molecule has 0 unspecified atom stereocenters. The van der Waals surface area contributed by atoms with Crippen molar-refractivity contribution in [3.63, 3.8) is 0 Å². The summed E-state index contributed by atoms with van der Waals surface area (Å²) in [5.74, 6) is 1.92. The Morgan fingerprint density at radius 2 is 1.10 bits per heavy atom. The van der Waals surface area contributed by atoms with Gasteiger partial charge >= 0.3 is 13.1 Å². The van der Waals surface area contributed by atoms with E-state index in [0.29, 0.717) is 82.5 Å². The molecule has 2 saturated heterocycles. The second-order valence-electron chi connectivity index (χ2n) is 17.4. The summed E-state index contributed by atoms with van der Waals surface area (Å²) in [5.41, 5.74) is 5.37. The first-order chi connectivity index (χ1) is 34.1. The fourth-order valence-corrected chi connectivity index (χ4v) is 8.78. The van der Waals surface area contributed by atoms with Gasteiger partial charge < -0.3 is 38.6 Å². The number of hydrogen-bond donors (Lipinski definition) is 1. The Morgan fingerprint density at radius 3 is 1.54 bits per heavy atom. The van der Waals surface area contributed by atoms with Gasteiger partial charge in [0.2, 0.25) is 23.6 Å². The monoisotopic (exact) mass is 982 g/mol. The summed E-state index contributed by atoms with van der Waals surface area (Å²) in [6, 6.07) is 21.8. The minimum atomic E-state index is -2.82. The molecule has 1 N–H and O–H groups in total. The number of benzene rings is 3. The van der Waals surface area contributed by atoms with E-state index in [1.54, 1.807) is 62.6 Å². The first kappa shape index (κ1) is 49.8. The van der Waals surface area contributed by atoms with Gasteiger partial charge in [0.15, 0.2) is 23.0 Å². The Balaban J connectivity index is 0.000000197. The molecule has 0 bridgehead atoms. The number of carbonyl (C=O) groups is 2. The lowest BCUT2D eigenvalue weighted by Crippen LogP contribution is -2.31. The number of likely N-dealkylation sites (tertiary alicyclic amines) is 1. The fraction of sp³-hybridized carbons (Fsp3) is 0.373. The van der Waals surface area contributed by atoms with Crippen LogP contribution in [0.5, 0.6) is 34.8 Å². The Kier molecular flexibility index (Phi) is 14.8. The predicted molar refractivity (Wildman–Crippen MR) is 255 cm³/mol. The van der Waals surface area contributed by atoms with Crippen molar-refractivity contribution in [1.29, 1.82) is 0 Å². The number of carbonyl (C=O) groups excluding carboxylic acids is 2. The summed E-state index contributed by atoms with van der Waals surface area (Å²) in [7, 11) is 6.14. The largest absolute Gasteiger partial charge is 0.493 e. The Labute approximate surface area is 406 Å². The van der Waals surface area contributed by atoms with Crippen LogP contribution in [0.15, 0.2) is 85.5 Å². The van der Waals surface area contributed by atoms with Crippen molar-refractivity contribution in [2.45, 2.75) is 71.9 Å². The zero-order valence-electron chi connectivity index (χ0n) is 40.4. The molecule has 0 saturated carbocycles. The van der Waals surface area contributed by atoms with Crippen molar-refractivity contribution in [3.05, 3.63) is 96.6 Å². The molecule has 0 radical (unpaired) electrons. The average Bonchev–Trinajstić information content (AvgIpc) is 4.20. The highest BCUT2D eigenvalue weighted by Crippen LogP contribution is 2.39. The molecule has 0 spiro atoms. The lowest BCUT2D eigenvalue weighted by atomic mass is 10.0. The number of fused-ring (bicyclic) bond motifs is 2. The molecule has 7 aromatic rings. The molecule has 2 aliphatic heterocycles. The summed E-state index contributed by atoms with van der Waals surface area (Å²) < 4.78 is 90.0. The number of alkyl halides is 4. The van der Waals surface area contributed by atoms with Crippen molar-refractivity contribution in [1.82, 2.24) is 39.3 Å². The van der Waals surface area contributed by atoms with Crippen LogP contribution >= 0.6 is 0 Å². The number of aromatic nitrogens is 6. The van der Waals surface area contributed by atoms with Gasteiger partial charge in [0.25, 0.3) is 0 Å². The van der Waals surface area contributed by atoms with E-state index in [0.717, 1.165) is 32.9 Å². The van der Waals surface area contributed by atoms with Crippen LogP contribution in [0.25, 0.3) is 44.6 Å². The van der Waals surface area contributed by atoms with Crippen molar-refractivity contribution < 1.29 is 55.6 Å². The number of amides is 2. The Morgan fingerprint density at radius 1 is 0.620 bits per heavy atom. The van der Waals surface area contributed by atoms with E-state index < -0.39 is 25.3 Å². The molecular formula is C51H54F4N8O8. The fourth-order valence-electron chi connectivity index (χ4n) is 8.78. The van der Waals surface area contributed by atoms with Gasteiger partial charge in [-0.3, -0.25) is 18.7 Å². The molecule has 4 aromatic heterocycles. The highest BCUT2D eigenvalue weighted by molar-refractivity contribution is 5.86. The normalized spacial score (nSPS) is 17.0. The minimum absolute atomic E-state index is 0.0309. The minimum Gasteiger partial charge on any atom is -0.493 e. The number of nitrogens with zero attached hydrogens (tertiary/aromatic N) is 7. The second kappa shape index (κ2) is 21.2. The number of imidazole rings is 2. The molecular weight excluding hydrogens is 929 g/mol. The van der Waals surface area contributed by atoms with Gasteiger partial charge in [-0.2, -0.15) is 17.6 Å². The van der Waals surface area contributed by atoms with Crippen molar-refractivity contribution in [3.8, 4) is 57.3 Å². The van der Waals surface area contributed by atoms with Gasteiger partial charge in [-0.25, -0.2) is 19.9 Å². The highest BCUT2D eigenvalue weighted by Gasteiger charge is 2.38. The summed E-state index contributed by atoms with van der Waals surface area (Å²) in [5, 5.41) is 2.76. The van der Waals surface area contributed by atoms with Crippen LogP contribution in [0.3, 0.4) is 0 Å². The predicted octanol–water partition coefficient (Wildman–Crippen LogP) is 9.61. The van der Waals surface area contributed by atoms with Gasteiger partial charge in [-0.15, -0.1) is 0 Å². The smallest absolute Gasteiger partial charge is 0.320 e. The zero-order chi connectivity index (χ0) is 50.7. The SMILES string of the molecule is COc1ccc(-c2cc3ncn(C(F)F)c3c(O[C@H](C)[C@@H]3CC(=O)N([C@H](C)c4ccc(C)cc4)C3)n2)cc1OC.COc1ccc(-c2cc3ncn(C(F)F)c3c(O[C@H](C)[C@H]3CNC(=O)C3)n2)cc1OC. The zero-order valence-corrected chi connectivity index (χ0v) is 40.4. The van der Waals surface area contributed by atoms with Gasteiger partial charge in [-0.05, 0) is 81.8 Å². The maximum atomic E-state index is 13.9. The molecule has 16 nitrogen and oxygen atoms in total. The number of methoxy groups -OCH3 is 4. The summed E-state index contributed by atoms with van der Waals surface area (Å²) in [6.07, 6.45) is 1.86. The number of pyridine rings is 2. The molecule has 71 heavy (non-hydrogen) atoms. The van der Waals surface area contributed by atoms with E-state index in [1.165, 1.54) is 21.3 Å². The van der Waals surface area contributed by atoms with Gasteiger partial charge in [0.1, 0.15) is 35.9 Å². The third-order valence-electron chi connectivity index (χ3n) is 13.0. The van der Waals surface area contributed by atoms with Crippen molar-refractivity contribution in [2.24, 2.45) is 11.8 Å². The van der Waals surface area contributed by atoms with E-state index in [1.807, 2.05) is 49.9 Å². The van der Waals surface area contributed by atoms with E-state index in [-0.39, 0.29) is 52.5 Å². The van der Waals surface area contributed by atoms with Crippen LogP contribution in [0.1, 0.15) is 63.9 Å². The van der Waals surface area contributed by atoms with Crippen LogP contribution in [0, 0.1) is 18.8 Å². The first-order valence-electron chi connectivity index (χ1n) is 22.8. The van der Waals surface area contributed by atoms with E-state index >= 15 is 0 Å². The van der Waals surface area contributed by atoms with Gasteiger partial charge in [0.05, 0.1) is 56.9 Å². The lowest BCUT2D eigenvalue weighted by Gasteiger charge is -2.26. The number of ether oxygens (including phenoxy) is 6. The Hall–Kier alpha value is -7.64. The van der Waals surface area contributed by atoms with Crippen LogP contribution in [0.4, 0.5) is 17.6 Å². The molecule has 2 amide bonds. The van der Waals surface area contributed by atoms with Crippen LogP contribution in [-0.2, 0) is 9.59 Å². The van der Waals surface area contributed by atoms with E-state index in [4.69, 9.17) is 28.4 Å². The maximum Gasteiger partial charge on any atom is 0.320 e. The van der Waals surface area contributed by atoms with Gasteiger partial charge in [0, 0.05) is 48.9 Å². The standard InChI is InChI=1S/C30H32F2N4O4.C21H22F2N4O4/c1-17-6-8-20(9-7-17)18(2)35-15-22(13-27(35)37)19(3)40-29-28-24(33-16-36(28)30(31)32)14-23(34-29)21-10-11-25(38-4)26(12-21)39-5;1-11(13-7-18(28)24-9-13)31-20-19-15(25-10-27(19)21(22)23)8-14(26-20)12-4-5-16(29-2)17(6-12)30-3/h6-12,14,16,18-19,22,30H,13,15H2,1-5H3;4-6,8,10-11,13,21H,7,9H2,1-3H3,(H,24,28)/t18-,19-,22-;11-,13-/m11/s1. The Bertz CT molecular complexity index is 3040. The first-order valence-corrected chi connectivity index (χ1v) is 22.8. The number of hydrogen-bond acceptors (Lipinski definition) is 12. The lowest BCUT2D eigenvalue weighted by molar-refractivity contribution is -0.129. The molecule has 9 rings (SSSR count). The molecule has 3 aromatic carbocycles. The number of rotatable bonds is 16. The number of halogens is 4. The van der Waals surface area contributed by atoms with Crippen LogP contribution in [0.2, 0.25) is 0 Å². The highest BCUT2D eigenvalue weighted by atomic mass is 19.3. The molecule has 2 fully saturated rings. The molecule has 20 heteroatoms. The molecule has 2 aliphatic rings. The van der Waals surface area contributed by atoms with E-state index in [2.05, 4.69) is 25.3 Å². The number of nitrogens with one attached hydrogen (secondary N) is 1. The van der Waals surface area contributed by atoms with Gasteiger partial charge in [-0.1, -0.05) is 29.8 Å². The van der Waals surface area contributed by atoms with Crippen molar-refractivity contribution in [2.75, 3.05) is 41.5 Å². The van der Waals surface area contributed by atoms with E-state index in [9.17, 15) is 27.2 Å². The summed E-state index contributed by atoms with van der Waals surface area (Å²) in [4.78, 5) is 43.9. The number of aryl methyl sites for hydroxylation is 1. The molecule has 6 heterocycles. The topological polar surface area (TPSA) is 166 Å². The molecule has 0 aliphatic carbocycles. The second-order valence-corrected chi connectivity index (χ2v) is 17.4. The maximum absolute atomic E-state index is 13.9. The quantitative estimate of drug-likeness (QED) is 0.0913. The average molecular weight is 983 g/mol. The van der Waals surface area contributed by atoms with Crippen LogP contribution < -0.4 is 33.7 Å². The van der Waals surface area contributed by atoms with Crippen molar-refractivity contribution >= 4 is 33.9 Å².